The molecule has 1 aromatic heterocycles. The van der Waals surface area contributed by atoms with E-state index in [4.69, 9.17) is 9.15 Å². The molecule has 202 valence electrons. The fraction of sp³-hybridized carbons (Fsp3) is 0.147. The highest BCUT2D eigenvalue weighted by atomic mass is 16.5. The number of para-hydroxylation sites is 2. The van der Waals surface area contributed by atoms with Crippen molar-refractivity contribution in [1.29, 1.82) is 0 Å². The highest BCUT2D eigenvalue weighted by Gasteiger charge is 2.64. The number of fused-ring (bicyclic) bond motifs is 5. The normalized spacial score (nSPS) is 17.4. The standard InChI is InChI=1S/C34H26N2O5/c1-21-11-13-22(14-12-21)19-35-27-9-5-4-8-26(27)34(33(35)39)29-30(37)25-7-3-6-10-28(25)41-31(29)32(38)36(34)20-23-15-17-24(40-2)18-16-23/h3-18H,19-20H2,1-2H3. The Morgan fingerprint density at radius 3 is 2.20 bits per heavy atom. The summed E-state index contributed by atoms with van der Waals surface area (Å²) < 4.78 is 11.4. The molecule has 0 bridgehead atoms. The average molecular weight is 543 g/mol. The number of aryl methyl sites for hydroxylation is 1. The molecule has 7 rings (SSSR count). The van der Waals surface area contributed by atoms with Crippen LogP contribution in [-0.2, 0) is 23.4 Å². The molecule has 3 heterocycles. The first-order chi connectivity index (χ1) is 19.9. The van der Waals surface area contributed by atoms with Gasteiger partial charge >= 0.3 is 0 Å². The van der Waals surface area contributed by atoms with Gasteiger partial charge in [0, 0.05) is 12.1 Å². The molecule has 4 aromatic carbocycles. The number of methoxy groups -OCH3 is 1. The van der Waals surface area contributed by atoms with E-state index in [0.29, 0.717) is 28.0 Å². The highest BCUT2D eigenvalue weighted by Crippen LogP contribution is 2.53. The molecule has 0 N–H and O–H groups in total. The monoisotopic (exact) mass is 542 g/mol. The lowest BCUT2D eigenvalue weighted by Gasteiger charge is -2.34. The van der Waals surface area contributed by atoms with Gasteiger partial charge in [-0.25, -0.2) is 0 Å². The van der Waals surface area contributed by atoms with Gasteiger partial charge in [-0.05, 0) is 48.4 Å². The minimum atomic E-state index is -1.68. The molecule has 1 spiro atoms. The van der Waals surface area contributed by atoms with E-state index < -0.39 is 11.4 Å². The van der Waals surface area contributed by atoms with Crippen LogP contribution in [0.3, 0.4) is 0 Å². The van der Waals surface area contributed by atoms with Gasteiger partial charge in [-0.3, -0.25) is 14.4 Å². The zero-order valence-electron chi connectivity index (χ0n) is 22.6. The van der Waals surface area contributed by atoms with Crippen LogP contribution in [0.25, 0.3) is 11.0 Å². The van der Waals surface area contributed by atoms with Crippen molar-refractivity contribution in [2.75, 3.05) is 12.0 Å². The van der Waals surface area contributed by atoms with Gasteiger partial charge in [0.05, 0.1) is 30.3 Å². The van der Waals surface area contributed by atoms with Crippen LogP contribution in [0.2, 0.25) is 0 Å². The van der Waals surface area contributed by atoms with Crippen LogP contribution < -0.4 is 15.1 Å². The molecule has 2 aliphatic rings. The molecule has 0 radical (unpaired) electrons. The lowest BCUT2D eigenvalue weighted by atomic mass is 9.83. The molecule has 7 heteroatoms. The van der Waals surface area contributed by atoms with Crippen LogP contribution in [-0.4, -0.2) is 23.8 Å². The van der Waals surface area contributed by atoms with E-state index in [-0.39, 0.29) is 35.7 Å². The summed E-state index contributed by atoms with van der Waals surface area (Å²) in [6.07, 6.45) is 0. The van der Waals surface area contributed by atoms with E-state index in [2.05, 4.69) is 0 Å². The topological polar surface area (TPSA) is 80.1 Å². The number of hydrogen-bond donors (Lipinski definition) is 0. The predicted molar refractivity (Wildman–Crippen MR) is 155 cm³/mol. The van der Waals surface area contributed by atoms with Crippen molar-refractivity contribution in [3.05, 3.63) is 141 Å². The molecule has 2 aliphatic heterocycles. The summed E-state index contributed by atoms with van der Waals surface area (Å²) in [5.41, 5.74) is 2.39. The van der Waals surface area contributed by atoms with Gasteiger partial charge in [0.1, 0.15) is 11.3 Å². The van der Waals surface area contributed by atoms with Gasteiger partial charge in [-0.1, -0.05) is 72.3 Å². The zero-order valence-corrected chi connectivity index (χ0v) is 22.6. The van der Waals surface area contributed by atoms with E-state index in [1.807, 2.05) is 79.7 Å². The number of ether oxygens (including phenoxy) is 1. The Labute approximate surface area is 236 Å². The Kier molecular flexibility index (Phi) is 5.57. The van der Waals surface area contributed by atoms with Gasteiger partial charge in [0.25, 0.3) is 11.8 Å². The molecule has 0 saturated heterocycles. The molecule has 2 amide bonds. The van der Waals surface area contributed by atoms with E-state index in [1.165, 1.54) is 4.90 Å². The second kappa shape index (κ2) is 9.20. The largest absolute Gasteiger partial charge is 0.497 e. The van der Waals surface area contributed by atoms with E-state index in [9.17, 15) is 14.4 Å². The molecule has 7 nitrogen and oxygen atoms in total. The van der Waals surface area contributed by atoms with E-state index >= 15 is 0 Å². The smallest absolute Gasteiger partial charge is 0.291 e. The third-order valence-electron chi connectivity index (χ3n) is 8.10. The Morgan fingerprint density at radius 2 is 1.44 bits per heavy atom. The number of carbonyl (C=O) groups is 2. The summed E-state index contributed by atoms with van der Waals surface area (Å²) in [4.78, 5) is 46.5. The fourth-order valence-corrected chi connectivity index (χ4v) is 6.11. The fourth-order valence-electron chi connectivity index (χ4n) is 6.11. The maximum Gasteiger partial charge on any atom is 0.291 e. The minimum Gasteiger partial charge on any atom is -0.497 e. The summed E-state index contributed by atoms with van der Waals surface area (Å²) in [5.74, 6) is -0.279. The van der Waals surface area contributed by atoms with Crippen LogP contribution in [0.5, 0.6) is 5.75 Å². The molecule has 0 fully saturated rings. The molecule has 1 unspecified atom stereocenters. The summed E-state index contributed by atoms with van der Waals surface area (Å²) in [6.45, 7) is 2.38. The van der Waals surface area contributed by atoms with Crippen LogP contribution in [0.1, 0.15) is 38.4 Å². The Balaban J connectivity index is 1.48. The summed E-state index contributed by atoms with van der Waals surface area (Å²) in [7, 11) is 1.59. The number of hydrogen-bond acceptors (Lipinski definition) is 5. The van der Waals surface area contributed by atoms with Crippen molar-refractivity contribution in [3.8, 4) is 5.75 Å². The molecule has 41 heavy (non-hydrogen) atoms. The maximum absolute atomic E-state index is 14.9. The number of carbonyl (C=O) groups excluding carboxylic acids is 2. The molecule has 5 aromatic rings. The second-order valence-electron chi connectivity index (χ2n) is 10.5. The number of anilines is 1. The van der Waals surface area contributed by atoms with Crippen molar-refractivity contribution in [3.63, 3.8) is 0 Å². The molecule has 1 atom stereocenters. The van der Waals surface area contributed by atoms with Crippen LogP contribution in [0.15, 0.2) is 106 Å². The summed E-state index contributed by atoms with van der Waals surface area (Å²) in [5, 5.41) is 0.326. The predicted octanol–water partition coefficient (Wildman–Crippen LogP) is 5.56. The third-order valence-corrected chi connectivity index (χ3v) is 8.10. The number of amides is 2. The van der Waals surface area contributed by atoms with E-state index in [0.717, 1.165) is 16.7 Å². The highest BCUT2D eigenvalue weighted by molar-refractivity contribution is 6.17. The molecular formula is C34H26N2O5. The van der Waals surface area contributed by atoms with Gasteiger partial charge < -0.3 is 19.0 Å². The third kappa shape index (κ3) is 3.55. The van der Waals surface area contributed by atoms with Crippen molar-refractivity contribution >= 4 is 28.5 Å². The first-order valence-electron chi connectivity index (χ1n) is 13.4. The molecule has 0 saturated carbocycles. The Morgan fingerprint density at radius 1 is 0.780 bits per heavy atom. The maximum atomic E-state index is 14.9. The number of benzene rings is 4. The minimum absolute atomic E-state index is 0.0681. The quantitative estimate of drug-likeness (QED) is 0.291. The number of nitrogens with zero attached hydrogens (tertiary/aromatic N) is 2. The van der Waals surface area contributed by atoms with Crippen molar-refractivity contribution in [1.82, 2.24) is 4.90 Å². The lowest BCUT2D eigenvalue weighted by Crippen LogP contribution is -2.52. The Bertz CT molecular complexity index is 1910. The SMILES string of the molecule is COc1ccc(CN2C(=O)c3oc4ccccc4c(=O)c3C23C(=O)N(Cc2ccc(C)cc2)c2ccccc23)cc1. The van der Waals surface area contributed by atoms with E-state index in [1.54, 1.807) is 36.3 Å². The lowest BCUT2D eigenvalue weighted by molar-refractivity contribution is -0.126. The summed E-state index contributed by atoms with van der Waals surface area (Å²) >= 11 is 0. The first kappa shape index (κ1) is 24.8. The van der Waals surface area contributed by atoms with Gasteiger partial charge in [0.2, 0.25) is 5.76 Å². The second-order valence-corrected chi connectivity index (χ2v) is 10.5. The average Bonchev–Trinajstić information content (AvgIpc) is 3.39. The molecular weight excluding hydrogens is 516 g/mol. The van der Waals surface area contributed by atoms with Gasteiger partial charge in [-0.2, -0.15) is 0 Å². The van der Waals surface area contributed by atoms with Crippen molar-refractivity contribution < 1.29 is 18.7 Å². The van der Waals surface area contributed by atoms with Crippen LogP contribution in [0, 0.1) is 6.92 Å². The van der Waals surface area contributed by atoms with Gasteiger partial charge in [-0.15, -0.1) is 0 Å². The number of rotatable bonds is 5. The van der Waals surface area contributed by atoms with Crippen LogP contribution in [0.4, 0.5) is 5.69 Å². The first-order valence-corrected chi connectivity index (χ1v) is 13.4. The zero-order chi connectivity index (χ0) is 28.3. The van der Waals surface area contributed by atoms with Crippen molar-refractivity contribution in [2.24, 2.45) is 0 Å². The summed E-state index contributed by atoms with van der Waals surface area (Å²) in [6, 6.07) is 29.5. The van der Waals surface area contributed by atoms with Crippen LogP contribution >= 0.6 is 0 Å². The molecule has 0 aliphatic carbocycles. The van der Waals surface area contributed by atoms with Crippen molar-refractivity contribution in [2.45, 2.75) is 25.6 Å². The Hall–Kier alpha value is -5.17. The van der Waals surface area contributed by atoms with Gasteiger partial charge in [0.15, 0.2) is 11.0 Å².